The maximum atomic E-state index is 11.9. The fourth-order valence-corrected chi connectivity index (χ4v) is 3.08. The van der Waals surface area contributed by atoms with Crippen molar-refractivity contribution in [1.29, 1.82) is 0 Å². The van der Waals surface area contributed by atoms with E-state index in [1.54, 1.807) is 0 Å². The Morgan fingerprint density at radius 2 is 1.06 bits per heavy atom. The molecule has 0 saturated heterocycles. The zero-order valence-corrected chi connectivity index (χ0v) is 18.4. The van der Waals surface area contributed by atoms with Gasteiger partial charge in [-0.3, -0.25) is 4.79 Å². The van der Waals surface area contributed by atoms with Crippen molar-refractivity contribution in [1.82, 2.24) is 24.6 Å². The standard InChI is InChI=1S/C22H14O9.4H3N/c23-16-4-1-10(7-13(16)20(26)27)19(11-2-5-17(24)14(8-11)21(28)29)12-3-6-18(25)15(9-12)22(30)31;;;;/h1-9,23-24H,(H,26,27)(H,28,29)(H,30,31);4*1H3. The van der Waals surface area contributed by atoms with Crippen molar-refractivity contribution in [3.63, 3.8) is 0 Å². The molecular weight excluding hydrogens is 464 g/mol. The summed E-state index contributed by atoms with van der Waals surface area (Å²) in [5, 5.41) is 47.6. The van der Waals surface area contributed by atoms with Crippen molar-refractivity contribution in [3.8, 4) is 11.5 Å². The lowest BCUT2D eigenvalue weighted by atomic mass is 9.87. The van der Waals surface area contributed by atoms with Crippen LogP contribution in [0.1, 0.15) is 31.8 Å². The molecule has 0 bridgehead atoms. The summed E-state index contributed by atoms with van der Waals surface area (Å²) in [6.45, 7) is 0. The van der Waals surface area contributed by atoms with Gasteiger partial charge in [-0.2, -0.15) is 0 Å². The molecule has 0 spiro atoms. The molecule has 0 saturated carbocycles. The molecule has 0 aliphatic heterocycles. The first-order chi connectivity index (χ1) is 14.6. The predicted octanol–water partition coefficient (Wildman–Crippen LogP) is 3.09. The maximum Gasteiger partial charge on any atom is 0.339 e. The minimum atomic E-state index is -1.47. The summed E-state index contributed by atoms with van der Waals surface area (Å²) in [7, 11) is 0. The molecule has 0 atom stereocenters. The largest absolute Gasteiger partial charge is 0.507 e. The number of aromatic carboxylic acids is 2. The lowest BCUT2D eigenvalue weighted by molar-refractivity contribution is -0.134. The Morgan fingerprint density at radius 1 is 0.629 bits per heavy atom. The van der Waals surface area contributed by atoms with E-state index in [-0.39, 0.29) is 46.9 Å². The minimum Gasteiger partial charge on any atom is -0.507 e. The van der Waals surface area contributed by atoms with Crippen LogP contribution >= 0.6 is 0 Å². The Kier molecular flexibility index (Phi) is 11.5. The Bertz CT molecular complexity index is 1200. The maximum absolute atomic E-state index is 11.9. The Morgan fingerprint density at radius 3 is 1.43 bits per heavy atom. The molecule has 0 heterocycles. The van der Waals surface area contributed by atoms with E-state index in [1.807, 2.05) is 0 Å². The van der Waals surface area contributed by atoms with E-state index in [2.05, 4.69) is 0 Å². The van der Waals surface area contributed by atoms with Crippen molar-refractivity contribution < 1.29 is 44.7 Å². The molecule has 3 rings (SSSR count). The molecular formula is C22H26N4O9. The molecule has 0 radical (unpaired) electrons. The third kappa shape index (κ3) is 6.37. The molecule has 2 aromatic rings. The predicted molar refractivity (Wildman–Crippen MR) is 126 cm³/mol. The molecule has 1 aliphatic rings. The fourth-order valence-electron chi connectivity index (χ4n) is 3.08. The van der Waals surface area contributed by atoms with Crippen LogP contribution in [-0.2, 0) is 9.59 Å². The molecule has 13 nitrogen and oxygen atoms in total. The third-order valence-corrected chi connectivity index (χ3v) is 4.53. The van der Waals surface area contributed by atoms with E-state index in [0.717, 1.165) is 36.4 Å². The van der Waals surface area contributed by atoms with Crippen molar-refractivity contribution in [2.45, 2.75) is 0 Å². The van der Waals surface area contributed by atoms with Crippen molar-refractivity contribution in [3.05, 3.63) is 88.0 Å². The number of rotatable bonds is 5. The van der Waals surface area contributed by atoms with Crippen LogP contribution in [0, 0.1) is 0 Å². The Balaban J connectivity index is 0. The molecule has 35 heavy (non-hydrogen) atoms. The van der Waals surface area contributed by atoms with Crippen LogP contribution in [-0.4, -0.2) is 49.2 Å². The molecule has 17 N–H and O–H groups in total. The molecule has 13 heteroatoms. The topological polar surface area (TPSA) is 309 Å². The lowest BCUT2D eigenvalue weighted by Gasteiger charge is -2.16. The molecule has 2 aromatic carbocycles. The second-order valence-corrected chi connectivity index (χ2v) is 6.47. The average molecular weight is 490 g/mol. The number of carbonyl (C=O) groups excluding carboxylic acids is 1. The molecule has 1 aliphatic carbocycles. The van der Waals surface area contributed by atoms with Crippen LogP contribution < -0.4 is 24.6 Å². The summed E-state index contributed by atoms with van der Waals surface area (Å²) in [5.41, 5.74) is -0.644. The van der Waals surface area contributed by atoms with Crippen molar-refractivity contribution in [2.24, 2.45) is 0 Å². The first-order valence-electron chi connectivity index (χ1n) is 8.65. The summed E-state index contributed by atoms with van der Waals surface area (Å²) >= 11 is 0. The highest BCUT2D eigenvalue weighted by Crippen LogP contribution is 2.35. The van der Waals surface area contributed by atoms with E-state index < -0.39 is 51.9 Å². The zero-order chi connectivity index (χ0) is 22.9. The number of allylic oxidation sites excluding steroid dienone is 4. The van der Waals surface area contributed by atoms with E-state index in [0.29, 0.717) is 0 Å². The summed E-state index contributed by atoms with van der Waals surface area (Å²) in [6.07, 6.45) is 3.42. The van der Waals surface area contributed by atoms with E-state index >= 15 is 0 Å². The highest BCUT2D eigenvalue weighted by atomic mass is 16.4. The number of hydrogen-bond donors (Lipinski definition) is 9. The number of carboxylic acids is 3. The van der Waals surface area contributed by atoms with Crippen LogP contribution in [0.3, 0.4) is 0 Å². The van der Waals surface area contributed by atoms with Gasteiger partial charge in [0.1, 0.15) is 28.2 Å². The first kappa shape index (κ1) is 32.4. The normalized spacial score (nSPS) is 11.5. The summed E-state index contributed by atoms with van der Waals surface area (Å²) in [6, 6.07) is 7.22. The number of benzene rings is 2. The van der Waals surface area contributed by atoms with Gasteiger partial charge in [-0.05, 0) is 58.7 Å². The second kappa shape index (κ2) is 12.4. The van der Waals surface area contributed by atoms with Gasteiger partial charge in [0.2, 0.25) is 0 Å². The van der Waals surface area contributed by atoms with Gasteiger partial charge in [-0.1, -0.05) is 18.2 Å². The number of phenols is 2. The van der Waals surface area contributed by atoms with Gasteiger partial charge in [0.15, 0.2) is 5.78 Å². The smallest absolute Gasteiger partial charge is 0.339 e. The summed E-state index contributed by atoms with van der Waals surface area (Å²) in [5.74, 6) is -6.07. The third-order valence-electron chi connectivity index (χ3n) is 4.53. The van der Waals surface area contributed by atoms with Gasteiger partial charge in [0.05, 0.1) is 0 Å². The Labute approximate surface area is 198 Å². The minimum absolute atomic E-state index is 0. The summed E-state index contributed by atoms with van der Waals surface area (Å²) < 4.78 is 0. The van der Waals surface area contributed by atoms with Gasteiger partial charge in [0.25, 0.3) is 0 Å². The number of ketones is 1. The number of carboxylic acid groups (broad SMARTS) is 3. The zero-order valence-electron chi connectivity index (χ0n) is 18.4. The fraction of sp³-hybridized carbons (Fsp3) is 0. The SMILES string of the molecule is N.N.N.N.O=C(O)C1=CC(=C(c2ccc(O)c(C(=O)O)c2)c2ccc(O)c(C(=O)O)c2)C=CC1=O. The van der Waals surface area contributed by atoms with Crippen LogP contribution in [0.15, 0.2) is 65.8 Å². The first-order valence-corrected chi connectivity index (χ1v) is 8.65. The molecule has 0 unspecified atom stereocenters. The number of aliphatic carboxylic acids is 1. The van der Waals surface area contributed by atoms with Gasteiger partial charge < -0.3 is 50.1 Å². The Hall–Kier alpha value is -4.82. The van der Waals surface area contributed by atoms with Gasteiger partial charge in [-0.15, -0.1) is 0 Å². The van der Waals surface area contributed by atoms with E-state index in [1.165, 1.54) is 18.2 Å². The van der Waals surface area contributed by atoms with Crippen molar-refractivity contribution >= 4 is 29.3 Å². The highest BCUT2D eigenvalue weighted by molar-refractivity contribution is 6.23. The molecule has 0 amide bonds. The quantitative estimate of drug-likeness (QED) is 0.272. The van der Waals surface area contributed by atoms with E-state index in [4.69, 9.17) is 0 Å². The van der Waals surface area contributed by atoms with Crippen LogP contribution in [0.5, 0.6) is 11.5 Å². The average Bonchev–Trinajstić information content (AvgIpc) is 2.71. The van der Waals surface area contributed by atoms with Gasteiger partial charge >= 0.3 is 17.9 Å². The van der Waals surface area contributed by atoms with Crippen LogP contribution in [0.4, 0.5) is 0 Å². The number of carbonyl (C=O) groups is 4. The highest BCUT2D eigenvalue weighted by Gasteiger charge is 2.23. The lowest BCUT2D eigenvalue weighted by Crippen LogP contribution is -2.13. The molecule has 188 valence electrons. The molecule has 0 fully saturated rings. The number of aromatic hydroxyl groups is 2. The molecule has 0 aromatic heterocycles. The second-order valence-electron chi connectivity index (χ2n) is 6.47. The van der Waals surface area contributed by atoms with Gasteiger partial charge in [-0.25, -0.2) is 14.4 Å². The van der Waals surface area contributed by atoms with Crippen molar-refractivity contribution in [2.75, 3.05) is 0 Å². The monoisotopic (exact) mass is 490 g/mol. The van der Waals surface area contributed by atoms with Crippen LogP contribution in [0.2, 0.25) is 0 Å². The van der Waals surface area contributed by atoms with Gasteiger partial charge in [0, 0.05) is 0 Å². The van der Waals surface area contributed by atoms with Crippen LogP contribution in [0.25, 0.3) is 5.57 Å². The summed E-state index contributed by atoms with van der Waals surface area (Å²) in [4.78, 5) is 46.2. The van der Waals surface area contributed by atoms with E-state index in [9.17, 15) is 44.7 Å². The number of hydrogen-bond acceptors (Lipinski definition) is 10.